The summed E-state index contributed by atoms with van der Waals surface area (Å²) in [5.41, 5.74) is -0.455. The SMILES string of the molecule is C#CCCC1(CCNC(=O)C(O)C2CCS(=O)(=O)CC2)N=N1. The van der Waals surface area contributed by atoms with E-state index in [-0.39, 0.29) is 17.4 Å². The van der Waals surface area contributed by atoms with E-state index in [4.69, 9.17) is 6.42 Å². The molecule has 7 nitrogen and oxygen atoms in total. The number of hydrogen-bond donors (Lipinski definition) is 2. The normalized spacial score (nSPS) is 23.5. The molecular weight excluding hydrogens is 306 g/mol. The number of hydrogen-bond acceptors (Lipinski definition) is 6. The van der Waals surface area contributed by atoms with Crippen LogP contribution in [0.2, 0.25) is 0 Å². The minimum Gasteiger partial charge on any atom is -0.383 e. The molecule has 8 heteroatoms. The van der Waals surface area contributed by atoms with E-state index < -0.39 is 27.5 Å². The highest BCUT2D eigenvalue weighted by atomic mass is 32.2. The van der Waals surface area contributed by atoms with Crippen molar-refractivity contribution in [2.75, 3.05) is 18.1 Å². The second-order valence-corrected chi connectivity index (χ2v) is 8.17. The standard InChI is InChI=1S/C14H21N3O4S/c1-2-3-6-14(16-17-14)7-8-15-13(19)12(18)11-4-9-22(20,21)10-5-11/h1,11-12,18H,3-10H2,(H,15,19). The summed E-state index contributed by atoms with van der Waals surface area (Å²) >= 11 is 0. The molecule has 0 spiro atoms. The highest BCUT2D eigenvalue weighted by Crippen LogP contribution is 2.36. The van der Waals surface area contributed by atoms with Crippen LogP contribution >= 0.6 is 0 Å². The summed E-state index contributed by atoms with van der Waals surface area (Å²) in [6, 6.07) is 0. The predicted molar refractivity (Wildman–Crippen MR) is 80.7 cm³/mol. The Hall–Kier alpha value is -1.46. The van der Waals surface area contributed by atoms with Crippen LogP contribution in [0, 0.1) is 18.3 Å². The zero-order chi connectivity index (χ0) is 16.2. The van der Waals surface area contributed by atoms with Crippen molar-refractivity contribution in [1.82, 2.24) is 5.32 Å². The van der Waals surface area contributed by atoms with Gasteiger partial charge in [-0.25, -0.2) is 8.42 Å². The van der Waals surface area contributed by atoms with Gasteiger partial charge in [-0.2, -0.15) is 10.2 Å². The third kappa shape index (κ3) is 4.52. The second-order valence-electron chi connectivity index (χ2n) is 5.86. The topological polar surface area (TPSA) is 108 Å². The van der Waals surface area contributed by atoms with Crippen molar-refractivity contribution >= 4 is 15.7 Å². The third-order valence-corrected chi connectivity index (χ3v) is 5.91. The molecular formula is C14H21N3O4S. The Kier molecular flexibility index (Phi) is 5.19. The molecule has 1 amide bonds. The summed E-state index contributed by atoms with van der Waals surface area (Å²) < 4.78 is 22.7. The summed E-state index contributed by atoms with van der Waals surface area (Å²) in [5, 5.41) is 20.6. The molecule has 0 aromatic rings. The Morgan fingerprint density at radius 2 is 2.00 bits per heavy atom. The van der Waals surface area contributed by atoms with Gasteiger partial charge in [-0.1, -0.05) is 0 Å². The molecule has 0 bridgehead atoms. The van der Waals surface area contributed by atoms with Gasteiger partial charge in [-0.05, 0) is 18.8 Å². The van der Waals surface area contributed by atoms with Gasteiger partial charge in [0, 0.05) is 25.8 Å². The molecule has 1 fully saturated rings. The Morgan fingerprint density at radius 3 is 2.55 bits per heavy atom. The molecule has 2 aliphatic rings. The first-order chi connectivity index (χ1) is 10.4. The van der Waals surface area contributed by atoms with E-state index in [0.717, 1.165) is 0 Å². The molecule has 2 rings (SSSR count). The number of terminal acetylenes is 1. The lowest BCUT2D eigenvalue weighted by Gasteiger charge is -2.25. The van der Waals surface area contributed by atoms with Crippen LogP contribution in [-0.2, 0) is 14.6 Å². The van der Waals surface area contributed by atoms with Gasteiger partial charge in [-0.15, -0.1) is 12.3 Å². The molecule has 1 saturated heterocycles. The first-order valence-electron chi connectivity index (χ1n) is 7.41. The predicted octanol–water partition coefficient (Wildman–Crippen LogP) is 0.254. The minimum absolute atomic E-state index is 0.0367. The van der Waals surface area contributed by atoms with Crippen LogP contribution in [0.15, 0.2) is 10.2 Å². The van der Waals surface area contributed by atoms with E-state index in [0.29, 0.717) is 38.6 Å². The Balaban J connectivity index is 1.70. The summed E-state index contributed by atoms with van der Waals surface area (Å²) in [6.45, 7) is 0.360. The average Bonchev–Trinajstić information content (AvgIpc) is 3.24. The Labute approximate surface area is 130 Å². The molecule has 2 N–H and O–H groups in total. The third-order valence-electron chi connectivity index (χ3n) is 4.19. The number of rotatable bonds is 7. The van der Waals surface area contributed by atoms with Crippen LogP contribution in [0.4, 0.5) is 0 Å². The first-order valence-corrected chi connectivity index (χ1v) is 9.23. The minimum atomic E-state index is -3.00. The number of nitrogens with one attached hydrogen (secondary N) is 1. The van der Waals surface area contributed by atoms with Crippen molar-refractivity contribution in [3.8, 4) is 12.3 Å². The molecule has 0 saturated carbocycles. The van der Waals surface area contributed by atoms with Crippen LogP contribution in [0.1, 0.15) is 32.1 Å². The van der Waals surface area contributed by atoms with Gasteiger partial charge in [0.25, 0.3) is 0 Å². The maximum atomic E-state index is 11.9. The number of carbonyl (C=O) groups is 1. The van der Waals surface area contributed by atoms with E-state index >= 15 is 0 Å². The maximum Gasteiger partial charge on any atom is 0.249 e. The van der Waals surface area contributed by atoms with E-state index in [2.05, 4.69) is 21.5 Å². The zero-order valence-corrected chi connectivity index (χ0v) is 13.2. The number of aliphatic hydroxyl groups is 1. The number of sulfone groups is 1. The summed E-state index contributed by atoms with van der Waals surface area (Å²) in [6.07, 6.45) is 6.51. The second kappa shape index (κ2) is 6.75. The van der Waals surface area contributed by atoms with E-state index in [9.17, 15) is 18.3 Å². The van der Waals surface area contributed by atoms with Crippen molar-refractivity contribution in [3.63, 3.8) is 0 Å². The molecule has 0 radical (unpaired) electrons. The van der Waals surface area contributed by atoms with E-state index in [1.165, 1.54) is 0 Å². The first kappa shape index (κ1) is 16.9. The quantitative estimate of drug-likeness (QED) is 0.654. The lowest BCUT2D eigenvalue weighted by molar-refractivity contribution is -0.132. The smallest absolute Gasteiger partial charge is 0.249 e. The van der Waals surface area contributed by atoms with Gasteiger partial charge in [0.05, 0.1) is 11.5 Å². The molecule has 0 aromatic carbocycles. The Morgan fingerprint density at radius 1 is 1.36 bits per heavy atom. The lowest BCUT2D eigenvalue weighted by Crippen LogP contribution is -2.43. The molecule has 2 heterocycles. The number of carbonyl (C=O) groups excluding carboxylic acids is 1. The van der Waals surface area contributed by atoms with Gasteiger partial charge >= 0.3 is 0 Å². The fourth-order valence-electron chi connectivity index (χ4n) is 2.60. The average molecular weight is 327 g/mol. The fraction of sp³-hybridized carbons (Fsp3) is 0.786. The number of nitrogens with zero attached hydrogens (tertiary/aromatic N) is 2. The van der Waals surface area contributed by atoms with Gasteiger partial charge in [-0.3, -0.25) is 4.79 Å². The summed E-state index contributed by atoms with van der Waals surface area (Å²) in [7, 11) is -3.00. The molecule has 0 aromatic heterocycles. The molecule has 122 valence electrons. The van der Waals surface area contributed by atoms with Crippen molar-refractivity contribution in [2.24, 2.45) is 16.1 Å². The van der Waals surface area contributed by atoms with Crippen molar-refractivity contribution in [2.45, 2.75) is 43.9 Å². The van der Waals surface area contributed by atoms with Gasteiger partial charge < -0.3 is 10.4 Å². The lowest BCUT2D eigenvalue weighted by atomic mass is 9.95. The molecule has 1 atom stereocenters. The summed E-state index contributed by atoms with van der Waals surface area (Å²) in [5.74, 6) is 1.85. The molecule has 22 heavy (non-hydrogen) atoms. The number of amides is 1. The molecule has 0 aliphatic carbocycles. The van der Waals surface area contributed by atoms with Crippen molar-refractivity contribution < 1.29 is 18.3 Å². The van der Waals surface area contributed by atoms with Crippen molar-refractivity contribution in [1.29, 1.82) is 0 Å². The highest BCUT2D eigenvalue weighted by molar-refractivity contribution is 7.91. The largest absolute Gasteiger partial charge is 0.383 e. The van der Waals surface area contributed by atoms with Crippen molar-refractivity contribution in [3.05, 3.63) is 0 Å². The van der Waals surface area contributed by atoms with Crippen LogP contribution in [-0.4, -0.2) is 49.2 Å². The van der Waals surface area contributed by atoms with Gasteiger partial charge in [0.2, 0.25) is 5.91 Å². The summed E-state index contributed by atoms with van der Waals surface area (Å²) in [4.78, 5) is 11.9. The van der Waals surface area contributed by atoms with Crippen LogP contribution < -0.4 is 5.32 Å². The van der Waals surface area contributed by atoms with Crippen LogP contribution in [0.3, 0.4) is 0 Å². The van der Waals surface area contributed by atoms with E-state index in [1.807, 2.05) is 0 Å². The monoisotopic (exact) mass is 327 g/mol. The van der Waals surface area contributed by atoms with Crippen LogP contribution in [0.5, 0.6) is 0 Å². The van der Waals surface area contributed by atoms with Gasteiger partial charge in [0.1, 0.15) is 15.9 Å². The number of aliphatic hydroxyl groups excluding tert-OH is 1. The molecule has 2 aliphatic heterocycles. The highest BCUT2D eigenvalue weighted by Gasteiger charge is 2.39. The fourth-order valence-corrected chi connectivity index (χ4v) is 4.12. The van der Waals surface area contributed by atoms with Gasteiger partial charge in [0.15, 0.2) is 5.66 Å². The van der Waals surface area contributed by atoms with E-state index in [1.54, 1.807) is 0 Å². The Bertz CT molecular complexity index is 574. The molecule has 1 unspecified atom stereocenters. The van der Waals surface area contributed by atoms with Crippen LogP contribution in [0.25, 0.3) is 0 Å². The maximum absolute atomic E-state index is 11.9. The zero-order valence-electron chi connectivity index (χ0n) is 12.4.